The molecule has 1 aromatic heterocycles. The standard InChI is InChI=1S/C10H10BrN3/c1-7-5-10(12)13-14(7)9-4-2-3-8(11)6-9/h2-6H,1H3,(H2,12,13). The van der Waals surface area contributed by atoms with Gasteiger partial charge < -0.3 is 5.73 Å². The van der Waals surface area contributed by atoms with Crippen LogP contribution in [0, 0.1) is 6.92 Å². The Morgan fingerprint density at radius 2 is 2.14 bits per heavy atom. The molecule has 0 saturated heterocycles. The maximum atomic E-state index is 5.61. The van der Waals surface area contributed by atoms with Gasteiger partial charge in [-0.15, -0.1) is 0 Å². The van der Waals surface area contributed by atoms with Gasteiger partial charge in [0.25, 0.3) is 0 Å². The first kappa shape index (κ1) is 9.27. The number of aromatic nitrogens is 2. The Bertz CT molecular complexity index is 462. The molecule has 0 radical (unpaired) electrons. The zero-order chi connectivity index (χ0) is 10.1. The summed E-state index contributed by atoms with van der Waals surface area (Å²) in [5, 5.41) is 4.20. The van der Waals surface area contributed by atoms with E-state index in [1.165, 1.54) is 0 Å². The lowest BCUT2D eigenvalue weighted by Gasteiger charge is -2.03. The molecule has 2 N–H and O–H groups in total. The molecule has 0 fully saturated rings. The van der Waals surface area contributed by atoms with Crippen LogP contribution in [0.2, 0.25) is 0 Å². The maximum Gasteiger partial charge on any atom is 0.146 e. The van der Waals surface area contributed by atoms with Crippen molar-refractivity contribution >= 4 is 21.7 Å². The van der Waals surface area contributed by atoms with Crippen LogP contribution in [0.1, 0.15) is 5.69 Å². The zero-order valence-electron chi connectivity index (χ0n) is 7.74. The highest BCUT2D eigenvalue weighted by Crippen LogP contribution is 2.17. The van der Waals surface area contributed by atoms with Crippen molar-refractivity contribution in [3.63, 3.8) is 0 Å². The van der Waals surface area contributed by atoms with Crippen LogP contribution in [-0.2, 0) is 0 Å². The summed E-state index contributed by atoms with van der Waals surface area (Å²) in [7, 11) is 0. The van der Waals surface area contributed by atoms with E-state index in [1.807, 2.05) is 41.9 Å². The van der Waals surface area contributed by atoms with E-state index in [0.29, 0.717) is 5.82 Å². The minimum absolute atomic E-state index is 0.544. The third-order valence-electron chi connectivity index (χ3n) is 1.96. The number of anilines is 1. The fraction of sp³-hybridized carbons (Fsp3) is 0.100. The van der Waals surface area contributed by atoms with Gasteiger partial charge >= 0.3 is 0 Å². The van der Waals surface area contributed by atoms with Crippen LogP contribution < -0.4 is 5.73 Å². The van der Waals surface area contributed by atoms with Gasteiger partial charge in [-0.3, -0.25) is 0 Å². The Balaban J connectivity index is 2.54. The largest absolute Gasteiger partial charge is 0.382 e. The van der Waals surface area contributed by atoms with Crippen molar-refractivity contribution in [1.82, 2.24) is 9.78 Å². The van der Waals surface area contributed by atoms with E-state index in [9.17, 15) is 0 Å². The molecule has 0 aliphatic rings. The number of hydrogen-bond acceptors (Lipinski definition) is 2. The molecule has 14 heavy (non-hydrogen) atoms. The molecular weight excluding hydrogens is 242 g/mol. The van der Waals surface area contributed by atoms with Crippen molar-refractivity contribution in [3.8, 4) is 5.69 Å². The highest BCUT2D eigenvalue weighted by Gasteiger charge is 2.03. The summed E-state index contributed by atoms with van der Waals surface area (Å²) in [6, 6.07) is 9.78. The van der Waals surface area contributed by atoms with Gasteiger partial charge in [0.1, 0.15) is 5.82 Å². The lowest BCUT2D eigenvalue weighted by atomic mass is 10.3. The van der Waals surface area contributed by atoms with Crippen LogP contribution in [0.5, 0.6) is 0 Å². The summed E-state index contributed by atoms with van der Waals surface area (Å²) in [5.41, 5.74) is 7.65. The Hall–Kier alpha value is -1.29. The molecule has 1 heterocycles. The van der Waals surface area contributed by atoms with Crippen LogP contribution in [0.3, 0.4) is 0 Å². The smallest absolute Gasteiger partial charge is 0.146 e. The van der Waals surface area contributed by atoms with Gasteiger partial charge in [0, 0.05) is 16.2 Å². The molecule has 0 atom stereocenters. The SMILES string of the molecule is Cc1cc(N)nn1-c1cccc(Br)c1. The highest BCUT2D eigenvalue weighted by atomic mass is 79.9. The average Bonchev–Trinajstić information content (AvgIpc) is 2.45. The quantitative estimate of drug-likeness (QED) is 0.847. The lowest BCUT2D eigenvalue weighted by molar-refractivity contribution is 0.851. The first-order valence-electron chi connectivity index (χ1n) is 4.25. The molecule has 0 saturated carbocycles. The molecule has 3 nitrogen and oxygen atoms in total. The minimum atomic E-state index is 0.544. The second kappa shape index (κ2) is 3.46. The Kier molecular flexibility index (Phi) is 2.29. The van der Waals surface area contributed by atoms with E-state index in [2.05, 4.69) is 21.0 Å². The molecule has 0 aliphatic heterocycles. The van der Waals surface area contributed by atoms with Crippen molar-refractivity contribution in [1.29, 1.82) is 0 Å². The van der Waals surface area contributed by atoms with Crippen LogP contribution in [0.4, 0.5) is 5.82 Å². The van der Waals surface area contributed by atoms with Crippen molar-refractivity contribution in [2.24, 2.45) is 0 Å². The predicted molar refractivity (Wildman–Crippen MR) is 60.4 cm³/mol. The maximum absolute atomic E-state index is 5.61. The van der Waals surface area contributed by atoms with Gasteiger partial charge in [-0.25, -0.2) is 4.68 Å². The van der Waals surface area contributed by atoms with Crippen molar-refractivity contribution in [3.05, 3.63) is 40.5 Å². The third-order valence-corrected chi connectivity index (χ3v) is 2.45. The number of halogens is 1. The number of nitrogens with zero attached hydrogens (tertiary/aromatic N) is 2. The van der Waals surface area contributed by atoms with Crippen molar-refractivity contribution in [2.45, 2.75) is 6.92 Å². The number of nitrogen functional groups attached to an aromatic ring is 1. The Morgan fingerprint density at radius 1 is 1.36 bits per heavy atom. The van der Waals surface area contributed by atoms with Crippen LogP contribution in [0.25, 0.3) is 5.69 Å². The van der Waals surface area contributed by atoms with E-state index in [-0.39, 0.29) is 0 Å². The minimum Gasteiger partial charge on any atom is -0.382 e. The number of rotatable bonds is 1. The second-order valence-corrected chi connectivity index (χ2v) is 4.02. The van der Waals surface area contributed by atoms with E-state index < -0.39 is 0 Å². The Morgan fingerprint density at radius 3 is 2.71 bits per heavy atom. The molecule has 0 aliphatic carbocycles. The van der Waals surface area contributed by atoms with E-state index >= 15 is 0 Å². The van der Waals surface area contributed by atoms with Gasteiger partial charge in [0.05, 0.1) is 5.69 Å². The Labute approximate surface area is 90.7 Å². The number of hydrogen-bond donors (Lipinski definition) is 1. The summed E-state index contributed by atoms with van der Waals surface area (Å²) < 4.78 is 2.85. The normalized spacial score (nSPS) is 10.4. The van der Waals surface area contributed by atoms with Gasteiger partial charge in [-0.1, -0.05) is 22.0 Å². The summed E-state index contributed by atoms with van der Waals surface area (Å²) >= 11 is 3.42. The van der Waals surface area contributed by atoms with Crippen molar-refractivity contribution < 1.29 is 0 Å². The molecule has 2 aromatic rings. The fourth-order valence-electron chi connectivity index (χ4n) is 1.37. The van der Waals surface area contributed by atoms with E-state index in [4.69, 9.17) is 5.73 Å². The molecule has 1 aromatic carbocycles. The van der Waals surface area contributed by atoms with E-state index in [1.54, 1.807) is 0 Å². The summed E-state index contributed by atoms with van der Waals surface area (Å²) in [6.45, 7) is 1.98. The van der Waals surface area contributed by atoms with Crippen LogP contribution in [-0.4, -0.2) is 9.78 Å². The van der Waals surface area contributed by atoms with Crippen LogP contribution in [0.15, 0.2) is 34.8 Å². The molecular formula is C10H10BrN3. The zero-order valence-corrected chi connectivity index (χ0v) is 9.32. The van der Waals surface area contributed by atoms with Crippen LogP contribution >= 0.6 is 15.9 Å². The van der Waals surface area contributed by atoms with Gasteiger partial charge in [-0.05, 0) is 25.1 Å². The molecule has 0 amide bonds. The monoisotopic (exact) mass is 251 g/mol. The first-order valence-corrected chi connectivity index (χ1v) is 5.04. The van der Waals surface area contributed by atoms with Crippen molar-refractivity contribution in [2.75, 3.05) is 5.73 Å². The average molecular weight is 252 g/mol. The molecule has 72 valence electrons. The molecule has 4 heteroatoms. The predicted octanol–water partition coefficient (Wildman–Crippen LogP) is 2.53. The first-order chi connectivity index (χ1) is 6.66. The number of benzene rings is 1. The van der Waals surface area contributed by atoms with Gasteiger partial charge in [-0.2, -0.15) is 5.10 Å². The van der Waals surface area contributed by atoms with Gasteiger partial charge in [0.15, 0.2) is 0 Å². The van der Waals surface area contributed by atoms with Gasteiger partial charge in [0.2, 0.25) is 0 Å². The molecule has 0 spiro atoms. The topological polar surface area (TPSA) is 43.8 Å². The molecule has 0 bridgehead atoms. The third kappa shape index (κ3) is 1.65. The summed E-state index contributed by atoms with van der Waals surface area (Å²) in [4.78, 5) is 0. The summed E-state index contributed by atoms with van der Waals surface area (Å²) in [5.74, 6) is 0.544. The molecule has 2 rings (SSSR count). The number of aryl methyl sites for hydroxylation is 1. The summed E-state index contributed by atoms with van der Waals surface area (Å²) in [6.07, 6.45) is 0. The fourth-order valence-corrected chi connectivity index (χ4v) is 1.75. The second-order valence-electron chi connectivity index (χ2n) is 3.10. The highest BCUT2D eigenvalue weighted by molar-refractivity contribution is 9.10. The molecule has 0 unspecified atom stereocenters. The van der Waals surface area contributed by atoms with E-state index in [0.717, 1.165) is 15.9 Å². The number of nitrogens with two attached hydrogens (primary N) is 1. The lowest BCUT2D eigenvalue weighted by Crippen LogP contribution is -1.99.